The lowest BCUT2D eigenvalue weighted by molar-refractivity contribution is -0.130. The molecule has 0 aromatic rings. The highest BCUT2D eigenvalue weighted by atomic mass is 16.2. The van der Waals surface area contributed by atoms with Crippen molar-refractivity contribution in [1.29, 1.82) is 0 Å². The minimum atomic E-state index is -0.0167. The lowest BCUT2D eigenvalue weighted by Gasteiger charge is -2.31. The molecule has 1 aliphatic carbocycles. The maximum absolute atomic E-state index is 11.9. The van der Waals surface area contributed by atoms with Crippen LogP contribution >= 0.6 is 0 Å². The number of likely N-dealkylation sites (N-methyl/N-ethyl adjacent to an activating group) is 1. The Balaban J connectivity index is 1.99. The van der Waals surface area contributed by atoms with Gasteiger partial charge in [-0.3, -0.25) is 9.59 Å². The van der Waals surface area contributed by atoms with Gasteiger partial charge in [-0.05, 0) is 25.2 Å². The SMILES string of the molecule is CCC(=O)N1CCC(NC(=NCC(=O)N(C)C)NC2CCCCC2C)C1. The number of likely N-dealkylation sites (tertiary alicyclic amines) is 1. The zero-order valence-corrected chi connectivity index (χ0v) is 16.8. The topological polar surface area (TPSA) is 77.0 Å². The molecule has 26 heavy (non-hydrogen) atoms. The summed E-state index contributed by atoms with van der Waals surface area (Å²) >= 11 is 0. The first-order chi connectivity index (χ1) is 12.4. The van der Waals surface area contributed by atoms with Gasteiger partial charge in [0.25, 0.3) is 0 Å². The van der Waals surface area contributed by atoms with Crippen LogP contribution < -0.4 is 10.6 Å². The fourth-order valence-electron chi connectivity index (χ4n) is 3.65. The van der Waals surface area contributed by atoms with Crippen LogP contribution in [0.15, 0.2) is 4.99 Å². The van der Waals surface area contributed by atoms with E-state index in [0.29, 0.717) is 30.9 Å². The maximum Gasteiger partial charge on any atom is 0.243 e. The monoisotopic (exact) mass is 365 g/mol. The van der Waals surface area contributed by atoms with Crippen LogP contribution in [-0.2, 0) is 9.59 Å². The molecule has 1 aliphatic heterocycles. The van der Waals surface area contributed by atoms with Crippen molar-refractivity contribution in [2.75, 3.05) is 33.7 Å². The van der Waals surface area contributed by atoms with Gasteiger partial charge >= 0.3 is 0 Å². The molecule has 1 saturated carbocycles. The smallest absolute Gasteiger partial charge is 0.243 e. The average Bonchev–Trinajstić information content (AvgIpc) is 3.09. The van der Waals surface area contributed by atoms with Crippen LogP contribution in [0.3, 0.4) is 0 Å². The van der Waals surface area contributed by atoms with Gasteiger partial charge in [0, 0.05) is 45.7 Å². The van der Waals surface area contributed by atoms with Crippen molar-refractivity contribution in [2.24, 2.45) is 10.9 Å². The molecule has 0 radical (unpaired) electrons. The van der Waals surface area contributed by atoms with E-state index in [4.69, 9.17) is 0 Å². The minimum Gasteiger partial charge on any atom is -0.353 e. The molecular formula is C19H35N5O2. The third kappa shape index (κ3) is 5.88. The Hall–Kier alpha value is -1.79. The summed E-state index contributed by atoms with van der Waals surface area (Å²) in [4.78, 5) is 31.8. The molecule has 0 spiro atoms. The molecule has 2 amide bonds. The molecule has 2 rings (SSSR count). The molecule has 1 saturated heterocycles. The van der Waals surface area contributed by atoms with Gasteiger partial charge in [-0.1, -0.05) is 26.7 Å². The van der Waals surface area contributed by atoms with Crippen LogP contribution in [0.25, 0.3) is 0 Å². The second-order valence-corrected chi connectivity index (χ2v) is 7.79. The normalized spacial score (nSPS) is 26.5. The zero-order valence-electron chi connectivity index (χ0n) is 16.8. The van der Waals surface area contributed by atoms with Crippen molar-refractivity contribution in [1.82, 2.24) is 20.4 Å². The van der Waals surface area contributed by atoms with Gasteiger partial charge in [0.15, 0.2) is 5.96 Å². The molecule has 3 atom stereocenters. The zero-order chi connectivity index (χ0) is 19.1. The first-order valence-corrected chi connectivity index (χ1v) is 9.96. The molecule has 0 aromatic carbocycles. The summed E-state index contributed by atoms with van der Waals surface area (Å²) in [5.74, 6) is 1.48. The van der Waals surface area contributed by atoms with Gasteiger partial charge in [-0.25, -0.2) is 4.99 Å². The molecule has 148 valence electrons. The summed E-state index contributed by atoms with van der Waals surface area (Å²) in [5, 5.41) is 7.01. The highest BCUT2D eigenvalue weighted by Gasteiger charge is 2.28. The Bertz CT molecular complexity index is 520. The minimum absolute atomic E-state index is 0.0167. The van der Waals surface area contributed by atoms with Crippen LogP contribution in [0, 0.1) is 5.92 Å². The van der Waals surface area contributed by atoms with Crippen molar-refractivity contribution in [3.8, 4) is 0 Å². The molecule has 7 heteroatoms. The van der Waals surface area contributed by atoms with Crippen molar-refractivity contribution in [3.63, 3.8) is 0 Å². The summed E-state index contributed by atoms with van der Waals surface area (Å²) in [5.41, 5.74) is 0. The predicted molar refractivity (Wildman–Crippen MR) is 104 cm³/mol. The van der Waals surface area contributed by atoms with E-state index in [9.17, 15) is 9.59 Å². The molecule has 0 aromatic heterocycles. The van der Waals surface area contributed by atoms with Crippen molar-refractivity contribution < 1.29 is 9.59 Å². The maximum atomic E-state index is 11.9. The lowest BCUT2D eigenvalue weighted by Crippen LogP contribution is -2.51. The van der Waals surface area contributed by atoms with E-state index in [1.165, 1.54) is 19.3 Å². The number of hydrogen-bond acceptors (Lipinski definition) is 3. The number of aliphatic imine (C=N–C) groups is 1. The van der Waals surface area contributed by atoms with E-state index in [1.807, 2.05) is 11.8 Å². The van der Waals surface area contributed by atoms with Crippen molar-refractivity contribution in [2.45, 2.75) is 64.5 Å². The summed E-state index contributed by atoms with van der Waals surface area (Å²) in [7, 11) is 3.49. The number of nitrogens with one attached hydrogen (secondary N) is 2. The number of carbonyl (C=O) groups is 2. The van der Waals surface area contributed by atoms with Gasteiger partial charge in [-0.2, -0.15) is 0 Å². The largest absolute Gasteiger partial charge is 0.353 e. The standard InChI is InChI=1S/C19H35N5O2/c1-5-17(25)24-11-10-15(13-24)21-19(20-12-18(26)23(3)4)22-16-9-7-6-8-14(16)2/h14-16H,5-13H2,1-4H3,(H2,20,21,22). The summed E-state index contributed by atoms with van der Waals surface area (Å²) < 4.78 is 0. The first kappa shape index (κ1) is 20.5. The predicted octanol–water partition coefficient (Wildman–Crippen LogP) is 1.20. The average molecular weight is 366 g/mol. The fourth-order valence-corrected chi connectivity index (χ4v) is 3.65. The quantitative estimate of drug-likeness (QED) is 0.567. The molecule has 1 heterocycles. The third-order valence-corrected chi connectivity index (χ3v) is 5.49. The highest BCUT2D eigenvalue weighted by molar-refractivity contribution is 5.85. The molecule has 0 bridgehead atoms. The van der Waals surface area contributed by atoms with E-state index >= 15 is 0 Å². The number of amides is 2. The Kier molecular flexibility index (Phi) is 7.72. The first-order valence-electron chi connectivity index (χ1n) is 9.96. The molecule has 2 aliphatic rings. The second-order valence-electron chi connectivity index (χ2n) is 7.79. The molecule has 3 unspecified atom stereocenters. The summed E-state index contributed by atoms with van der Waals surface area (Å²) in [6.07, 6.45) is 6.33. The van der Waals surface area contributed by atoms with E-state index in [0.717, 1.165) is 19.4 Å². The van der Waals surface area contributed by atoms with Crippen molar-refractivity contribution in [3.05, 3.63) is 0 Å². The van der Waals surface area contributed by atoms with Crippen LogP contribution in [0.4, 0.5) is 0 Å². The van der Waals surface area contributed by atoms with Crippen LogP contribution in [0.2, 0.25) is 0 Å². The van der Waals surface area contributed by atoms with Gasteiger partial charge < -0.3 is 20.4 Å². The molecular weight excluding hydrogens is 330 g/mol. The van der Waals surface area contributed by atoms with Gasteiger partial charge in [0.05, 0.1) is 0 Å². The van der Waals surface area contributed by atoms with E-state index in [1.54, 1.807) is 19.0 Å². The van der Waals surface area contributed by atoms with E-state index in [2.05, 4.69) is 22.5 Å². The highest BCUT2D eigenvalue weighted by Crippen LogP contribution is 2.23. The number of hydrogen-bond donors (Lipinski definition) is 2. The number of rotatable bonds is 5. The Labute approximate surface area is 157 Å². The Morgan fingerprint density at radius 2 is 1.88 bits per heavy atom. The van der Waals surface area contributed by atoms with Crippen LogP contribution in [0.5, 0.6) is 0 Å². The molecule has 7 nitrogen and oxygen atoms in total. The van der Waals surface area contributed by atoms with Gasteiger partial charge in [-0.15, -0.1) is 0 Å². The van der Waals surface area contributed by atoms with Crippen LogP contribution in [0.1, 0.15) is 52.4 Å². The number of nitrogens with zero attached hydrogens (tertiary/aromatic N) is 3. The van der Waals surface area contributed by atoms with Crippen molar-refractivity contribution >= 4 is 17.8 Å². The summed E-state index contributed by atoms with van der Waals surface area (Å²) in [6.45, 7) is 5.79. The fraction of sp³-hybridized carbons (Fsp3) is 0.842. The Morgan fingerprint density at radius 3 is 2.54 bits per heavy atom. The number of carbonyl (C=O) groups excluding carboxylic acids is 2. The van der Waals surface area contributed by atoms with E-state index < -0.39 is 0 Å². The second kappa shape index (κ2) is 9.78. The lowest BCUT2D eigenvalue weighted by atomic mass is 9.86. The van der Waals surface area contributed by atoms with Crippen LogP contribution in [-0.4, -0.2) is 73.4 Å². The van der Waals surface area contributed by atoms with Gasteiger partial charge in [0.1, 0.15) is 6.54 Å². The number of guanidine groups is 1. The Morgan fingerprint density at radius 1 is 1.15 bits per heavy atom. The van der Waals surface area contributed by atoms with E-state index in [-0.39, 0.29) is 24.4 Å². The van der Waals surface area contributed by atoms with Gasteiger partial charge in [0.2, 0.25) is 11.8 Å². The molecule has 2 fully saturated rings. The molecule has 2 N–H and O–H groups in total. The third-order valence-electron chi connectivity index (χ3n) is 5.49. The summed E-state index contributed by atoms with van der Waals surface area (Å²) in [6, 6.07) is 0.573.